The number of para-hydroxylation sites is 1. The molecule has 1 heterocycles. The molecular formula is C16H23N3OS. The van der Waals surface area contributed by atoms with Crippen molar-refractivity contribution in [2.24, 2.45) is 0 Å². The Labute approximate surface area is 130 Å². The van der Waals surface area contributed by atoms with Crippen molar-refractivity contribution in [3.05, 3.63) is 29.3 Å². The molecule has 21 heavy (non-hydrogen) atoms. The van der Waals surface area contributed by atoms with Gasteiger partial charge < -0.3 is 10.6 Å². The van der Waals surface area contributed by atoms with Crippen LogP contribution in [0.5, 0.6) is 0 Å². The number of aromatic nitrogens is 1. The van der Waals surface area contributed by atoms with Crippen LogP contribution in [0.15, 0.2) is 24.3 Å². The number of hydrogen-bond donors (Lipinski definition) is 2. The van der Waals surface area contributed by atoms with E-state index < -0.39 is 0 Å². The molecule has 0 radical (unpaired) electrons. The first-order valence-electron chi connectivity index (χ1n) is 7.25. The molecule has 4 nitrogen and oxygen atoms in total. The smallest absolute Gasteiger partial charge is 0.221 e. The van der Waals surface area contributed by atoms with Gasteiger partial charge in [0, 0.05) is 18.5 Å². The molecule has 5 heteroatoms. The van der Waals surface area contributed by atoms with Gasteiger partial charge in [0.1, 0.15) is 5.01 Å². The maximum absolute atomic E-state index is 11.8. The van der Waals surface area contributed by atoms with Gasteiger partial charge in [-0.3, -0.25) is 4.79 Å². The zero-order chi connectivity index (χ0) is 15.5. The highest BCUT2D eigenvalue weighted by molar-refractivity contribution is 7.18. The summed E-state index contributed by atoms with van der Waals surface area (Å²) in [7, 11) is 0. The Balaban J connectivity index is 1.84. The van der Waals surface area contributed by atoms with Crippen LogP contribution < -0.4 is 10.6 Å². The number of carbonyl (C=O) groups excluding carboxylic acids is 1. The molecule has 0 aliphatic rings. The number of thiazole rings is 1. The third-order valence-corrected chi connectivity index (χ3v) is 4.22. The van der Waals surface area contributed by atoms with Crippen molar-refractivity contribution in [3.8, 4) is 0 Å². The molecule has 2 N–H and O–H groups in total. The Morgan fingerprint density at radius 3 is 2.71 bits per heavy atom. The summed E-state index contributed by atoms with van der Waals surface area (Å²) in [6.45, 7) is 8.70. The van der Waals surface area contributed by atoms with Crippen LogP contribution in [0, 0.1) is 0 Å². The predicted molar refractivity (Wildman–Crippen MR) is 88.6 cm³/mol. The first-order chi connectivity index (χ1) is 9.85. The number of carbonyl (C=O) groups is 1. The van der Waals surface area contributed by atoms with Gasteiger partial charge in [0.2, 0.25) is 5.91 Å². The van der Waals surface area contributed by atoms with Gasteiger partial charge in [0.15, 0.2) is 0 Å². The Hall–Kier alpha value is -1.46. The molecule has 1 aromatic heterocycles. The van der Waals surface area contributed by atoms with E-state index in [2.05, 4.69) is 28.6 Å². The summed E-state index contributed by atoms with van der Waals surface area (Å²) in [5.41, 5.74) is 0.868. The lowest BCUT2D eigenvalue weighted by Crippen LogP contribution is -2.41. The standard InChI is InChI=1S/C16H23N3OS/c1-11(17-10-9-14(20)19-16(2,3)4)15-18-12-7-5-6-8-13(12)21-15/h5-8,11,17H,9-10H2,1-4H3,(H,19,20). The van der Waals surface area contributed by atoms with Crippen LogP contribution in [0.1, 0.15) is 45.2 Å². The van der Waals surface area contributed by atoms with Crippen molar-refractivity contribution in [2.45, 2.75) is 45.7 Å². The molecule has 1 amide bonds. The molecular weight excluding hydrogens is 282 g/mol. The maximum Gasteiger partial charge on any atom is 0.221 e. The van der Waals surface area contributed by atoms with Crippen LogP contribution in [0.4, 0.5) is 0 Å². The lowest BCUT2D eigenvalue weighted by molar-refractivity contribution is -0.122. The molecule has 1 unspecified atom stereocenters. The number of nitrogens with zero attached hydrogens (tertiary/aromatic N) is 1. The van der Waals surface area contributed by atoms with E-state index in [1.54, 1.807) is 11.3 Å². The normalized spacial score (nSPS) is 13.3. The summed E-state index contributed by atoms with van der Waals surface area (Å²) in [6.07, 6.45) is 0.479. The van der Waals surface area contributed by atoms with Gasteiger partial charge in [-0.15, -0.1) is 11.3 Å². The fourth-order valence-electron chi connectivity index (χ4n) is 2.05. The average molecular weight is 305 g/mol. The molecule has 0 aliphatic heterocycles. The van der Waals surface area contributed by atoms with E-state index in [4.69, 9.17) is 0 Å². The Morgan fingerprint density at radius 1 is 1.33 bits per heavy atom. The van der Waals surface area contributed by atoms with Crippen molar-refractivity contribution < 1.29 is 4.79 Å². The first-order valence-corrected chi connectivity index (χ1v) is 8.07. The fraction of sp³-hybridized carbons (Fsp3) is 0.500. The third kappa shape index (κ3) is 4.79. The second-order valence-corrected chi connectivity index (χ2v) is 7.31. The second kappa shape index (κ2) is 6.54. The van der Waals surface area contributed by atoms with Crippen LogP contribution in [0.25, 0.3) is 10.2 Å². The number of benzene rings is 1. The van der Waals surface area contributed by atoms with E-state index in [1.807, 2.05) is 39.0 Å². The molecule has 2 rings (SSSR count). The zero-order valence-corrected chi connectivity index (χ0v) is 13.9. The number of rotatable bonds is 5. The second-order valence-electron chi connectivity index (χ2n) is 6.24. The molecule has 0 bridgehead atoms. The summed E-state index contributed by atoms with van der Waals surface area (Å²) < 4.78 is 1.20. The fourth-order valence-corrected chi connectivity index (χ4v) is 3.04. The minimum absolute atomic E-state index is 0.0755. The van der Waals surface area contributed by atoms with Gasteiger partial charge in [0.05, 0.1) is 16.3 Å². The van der Waals surface area contributed by atoms with E-state index in [0.717, 1.165) is 10.5 Å². The largest absolute Gasteiger partial charge is 0.351 e. The van der Waals surface area contributed by atoms with Gasteiger partial charge in [-0.2, -0.15) is 0 Å². The SMILES string of the molecule is CC(NCCC(=O)NC(C)(C)C)c1nc2ccccc2s1. The van der Waals surface area contributed by atoms with Crippen LogP contribution in [0.2, 0.25) is 0 Å². The summed E-state index contributed by atoms with van der Waals surface area (Å²) in [5.74, 6) is 0.0755. The highest BCUT2D eigenvalue weighted by Gasteiger charge is 2.14. The monoisotopic (exact) mass is 305 g/mol. The molecule has 0 saturated carbocycles. The molecule has 1 atom stereocenters. The Morgan fingerprint density at radius 2 is 2.05 bits per heavy atom. The highest BCUT2D eigenvalue weighted by atomic mass is 32.1. The summed E-state index contributed by atoms with van der Waals surface area (Å²) in [5, 5.41) is 7.39. The van der Waals surface area contributed by atoms with E-state index in [0.29, 0.717) is 13.0 Å². The van der Waals surface area contributed by atoms with Crippen LogP contribution in [0.3, 0.4) is 0 Å². The maximum atomic E-state index is 11.8. The lowest BCUT2D eigenvalue weighted by Gasteiger charge is -2.20. The molecule has 0 aliphatic carbocycles. The topological polar surface area (TPSA) is 54.0 Å². The van der Waals surface area contributed by atoms with Crippen molar-refractivity contribution in [1.82, 2.24) is 15.6 Å². The van der Waals surface area contributed by atoms with E-state index in [1.165, 1.54) is 4.70 Å². The molecule has 0 saturated heterocycles. The van der Waals surface area contributed by atoms with Crippen LogP contribution in [-0.4, -0.2) is 23.0 Å². The quantitative estimate of drug-likeness (QED) is 0.891. The van der Waals surface area contributed by atoms with Gasteiger partial charge in [-0.1, -0.05) is 12.1 Å². The minimum atomic E-state index is -0.171. The molecule has 0 fully saturated rings. The summed E-state index contributed by atoms with van der Waals surface area (Å²) in [6, 6.07) is 8.29. The van der Waals surface area contributed by atoms with E-state index >= 15 is 0 Å². The lowest BCUT2D eigenvalue weighted by atomic mass is 10.1. The number of nitrogens with one attached hydrogen (secondary N) is 2. The molecule has 1 aromatic carbocycles. The van der Waals surface area contributed by atoms with Gasteiger partial charge in [-0.25, -0.2) is 4.98 Å². The van der Waals surface area contributed by atoms with Gasteiger partial charge in [0.25, 0.3) is 0 Å². The van der Waals surface area contributed by atoms with Crippen molar-refractivity contribution in [1.29, 1.82) is 0 Å². The third-order valence-electron chi connectivity index (χ3n) is 3.00. The minimum Gasteiger partial charge on any atom is -0.351 e. The Kier molecular flexibility index (Phi) is 4.96. The van der Waals surface area contributed by atoms with Crippen molar-refractivity contribution in [3.63, 3.8) is 0 Å². The number of fused-ring (bicyclic) bond motifs is 1. The number of amides is 1. The zero-order valence-electron chi connectivity index (χ0n) is 13.1. The summed E-state index contributed by atoms with van der Waals surface area (Å²) >= 11 is 1.70. The van der Waals surface area contributed by atoms with Crippen molar-refractivity contribution in [2.75, 3.05) is 6.54 Å². The van der Waals surface area contributed by atoms with Gasteiger partial charge >= 0.3 is 0 Å². The highest BCUT2D eigenvalue weighted by Crippen LogP contribution is 2.25. The molecule has 2 aromatic rings. The van der Waals surface area contributed by atoms with Gasteiger partial charge in [-0.05, 0) is 39.8 Å². The van der Waals surface area contributed by atoms with E-state index in [-0.39, 0.29) is 17.5 Å². The predicted octanol–water partition coefficient (Wildman–Crippen LogP) is 3.25. The average Bonchev–Trinajstić information content (AvgIpc) is 2.80. The van der Waals surface area contributed by atoms with Crippen LogP contribution >= 0.6 is 11.3 Å². The molecule has 114 valence electrons. The van der Waals surface area contributed by atoms with Crippen LogP contribution in [-0.2, 0) is 4.79 Å². The first kappa shape index (κ1) is 15.9. The van der Waals surface area contributed by atoms with E-state index in [9.17, 15) is 4.79 Å². The molecule has 0 spiro atoms. The van der Waals surface area contributed by atoms with Crippen molar-refractivity contribution >= 4 is 27.5 Å². The number of hydrogen-bond acceptors (Lipinski definition) is 4. The Bertz CT molecular complexity index is 582. The summed E-state index contributed by atoms with van der Waals surface area (Å²) in [4.78, 5) is 16.4.